The van der Waals surface area contributed by atoms with E-state index in [1.807, 2.05) is 54.6 Å². The first-order valence-corrected chi connectivity index (χ1v) is 6.98. The number of methoxy groups -OCH3 is 1. The Kier molecular flexibility index (Phi) is 3.78. The van der Waals surface area contributed by atoms with Crippen molar-refractivity contribution >= 4 is 17.4 Å². The third kappa shape index (κ3) is 2.65. The summed E-state index contributed by atoms with van der Waals surface area (Å²) in [4.78, 5) is 11.3. The molecule has 0 saturated heterocycles. The molecular weight excluding hydrogens is 280 g/mol. The number of ether oxygens (including phenoxy) is 1. The number of rotatable bonds is 4. The summed E-state index contributed by atoms with van der Waals surface area (Å²) in [5.74, 6) is -0.224. The van der Waals surface area contributed by atoms with Crippen molar-refractivity contribution < 1.29 is 14.6 Å². The van der Waals surface area contributed by atoms with Crippen molar-refractivity contribution in [2.24, 2.45) is 5.10 Å². The molecule has 0 bridgehead atoms. The van der Waals surface area contributed by atoms with E-state index in [2.05, 4.69) is 5.10 Å². The molecule has 22 heavy (non-hydrogen) atoms. The lowest BCUT2D eigenvalue weighted by molar-refractivity contribution is -0.129. The van der Waals surface area contributed by atoms with Gasteiger partial charge in [-0.1, -0.05) is 30.3 Å². The Morgan fingerprint density at radius 3 is 2.45 bits per heavy atom. The smallest absolute Gasteiger partial charge is 0.352 e. The van der Waals surface area contributed by atoms with Crippen molar-refractivity contribution in [2.75, 3.05) is 12.1 Å². The van der Waals surface area contributed by atoms with E-state index in [9.17, 15) is 9.90 Å². The molecule has 0 saturated carbocycles. The average molecular weight is 296 g/mol. The lowest BCUT2D eigenvalue weighted by Crippen LogP contribution is -2.18. The number of benzene rings is 2. The van der Waals surface area contributed by atoms with E-state index in [4.69, 9.17) is 4.74 Å². The van der Waals surface area contributed by atoms with Gasteiger partial charge in [-0.15, -0.1) is 0 Å². The number of carbonyl (C=O) groups is 1. The highest BCUT2D eigenvalue weighted by atomic mass is 16.5. The highest BCUT2D eigenvalue weighted by Gasteiger charge is 2.32. The number of carboxylic acids is 1. The summed E-state index contributed by atoms with van der Waals surface area (Å²) in [5.41, 5.74) is 2.05. The van der Waals surface area contributed by atoms with Gasteiger partial charge in [0.1, 0.15) is 11.5 Å². The van der Waals surface area contributed by atoms with Crippen LogP contribution in [0.3, 0.4) is 0 Å². The first kappa shape index (κ1) is 14.1. The molecule has 0 aliphatic carbocycles. The molecule has 2 aromatic carbocycles. The van der Waals surface area contributed by atoms with Gasteiger partial charge < -0.3 is 9.84 Å². The molecule has 0 aromatic heterocycles. The van der Waals surface area contributed by atoms with Crippen molar-refractivity contribution in [2.45, 2.75) is 12.5 Å². The Bertz CT molecular complexity index is 696. The SMILES string of the molecule is COc1ccc(N2N=C(C(=O)O)CC2c2ccccc2)cc1. The van der Waals surface area contributed by atoms with E-state index in [0.717, 1.165) is 17.0 Å². The van der Waals surface area contributed by atoms with Gasteiger partial charge in [-0.2, -0.15) is 5.10 Å². The third-order valence-electron chi connectivity index (χ3n) is 3.68. The maximum atomic E-state index is 11.3. The Hall–Kier alpha value is -2.82. The number of hydrogen-bond donors (Lipinski definition) is 1. The molecule has 1 atom stereocenters. The normalized spacial score (nSPS) is 17.2. The molecule has 5 heteroatoms. The summed E-state index contributed by atoms with van der Waals surface area (Å²) in [6.45, 7) is 0. The van der Waals surface area contributed by atoms with E-state index in [1.165, 1.54) is 0 Å². The van der Waals surface area contributed by atoms with Crippen LogP contribution >= 0.6 is 0 Å². The van der Waals surface area contributed by atoms with Crippen LogP contribution in [0.2, 0.25) is 0 Å². The lowest BCUT2D eigenvalue weighted by atomic mass is 10.0. The van der Waals surface area contributed by atoms with Crippen LogP contribution in [0.4, 0.5) is 5.69 Å². The van der Waals surface area contributed by atoms with Crippen molar-refractivity contribution in [3.63, 3.8) is 0 Å². The monoisotopic (exact) mass is 296 g/mol. The summed E-state index contributed by atoms with van der Waals surface area (Å²) in [5, 5.41) is 15.3. The predicted molar refractivity (Wildman–Crippen MR) is 84.3 cm³/mol. The van der Waals surface area contributed by atoms with E-state index in [-0.39, 0.29) is 11.8 Å². The molecule has 0 fully saturated rings. The van der Waals surface area contributed by atoms with Gasteiger partial charge in [0.15, 0.2) is 0 Å². The minimum Gasteiger partial charge on any atom is -0.497 e. The fourth-order valence-electron chi connectivity index (χ4n) is 2.55. The van der Waals surface area contributed by atoms with Crippen LogP contribution < -0.4 is 9.75 Å². The molecule has 0 radical (unpaired) electrons. The zero-order valence-electron chi connectivity index (χ0n) is 12.1. The number of carboxylic acid groups (broad SMARTS) is 1. The van der Waals surface area contributed by atoms with E-state index in [0.29, 0.717) is 6.42 Å². The molecule has 3 rings (SSSR count). The van der Waals surface area contributed by atoms with Crippen molar-refractivity contribution in [1.29, 1.82) is 0 Å². The second kappa shape index (κ2) is 5.89. The average Bonchev–Trinajstić information content (AvgIpc) is 3.01. The predicted octanol–water partition coefficient (Wildman–Crippen LogP) is 3.09. The van der Waals surface area contributed by atoms with Crippen molar-refractivity contribution in [1.82, 2.24) is 0 Å². The second-order valence-electron chi connectivity index (χ2n) is 5.03. The largest absolute Gasteiger partial charge is 0.497 e. The third-order valence-corrected chi connectivity index (χ3v) is 3.68. The van der Waals surface area contributed by atoms with E-state index >= 15 is 0 Å². The zero-order chi connectivity index (χ0) is 15.5. The van der Waals surface area contributed by atoms with Gasteiger partial charge in [0.2, 0.25) is 0 Å². The Labute approximate surface area is 128 Å². The summed E-state index contributed by atoms with van der Waals surface area (Å²) in [6, 6.07) is 17.1. The quantitative estimate of drug-likeness (QED) is 0.941. The fourth-order valence-corrected chi connectivity index (χ4v) is 2.55. The van der Waals surface area contributed by atoms with Crippen molar-refractivity contribution in [3.05, 3.63) is 60.2 Å². The van der Waals surface area contributed by atoms with E-state index in [1.54, 1.807) is 12.1 Å². The van der Waals surface area contributed by atoms with Gasteiger partial charge in [0.25, 0.3) is 0 Å². The molecule has 1 heterocycles. The molecular formula is C17H16N2O3. The van der Waals surface area contributed by atoms with Crippen LogP contribution in [0.5, 0.6) is 5.75 Å². The van der Waals surface area contributed by atoms with Gasteiger partial charge in [-0.3, -0.25) is 5.01 Å². The van der Waals surface area contributed by atoms with Gasteiger partial charge in [0.05, 0.1) is 18.8 Å². The van der Waals surface area contributed by atoms with Gasteiger partial charge >= 0.3 is 5.97 Å². The molecule has 0 spiro atoms. The number of anilines is 1. The Morgan fingerprint density at radius 2 is 1.86 bits per heavy atom. The van der Waals surface area contributed by atoms with Gasteiger partial charge in [-0.25, -0.2) is 4.79 Å². The molecule has 1 N–H and O–H groups in total. The number of hydrogen-bond acceptors (Lipinski definition) is 4. The maximum absolute atomic E-state index is 11.3. The van der Waals surface area contributed by atoms with Crippen LogP contribution in [0.25, 0.3) is 0 Å². The minimum absolute atomic E-state index is 0.110. The summed E-state index contributed by atoms with van der Waals surface area (Å²) < 4.78 is 5.15. The van der Waals surface area contributed by atoms with E-state index < -0.39 is 5.97 Å². The minimum atomic E-state index is -0.975. The first-order chi connectivity index (χ1) is 10.7. The van der Waals surface area contributed by atoms with Crippen LogP contribution in [-0.4, -0.2) is 23.9 Å². The van der Waals surface area contributed by atoms with Crippen LogP contribution in [0.1, 0.15) is 18.0 Å². The maximum Gasteiger partial charge on any atom is 0.352 e. The van der Waals surface area contributed by atoms with Crippen molar-refractivity contribution in [3.8, 4) is 5.75 Å². The molecule has 2 aromatic rings. The standard InChI is InChI=1S/C17H16N2O3/c1-22-14-9-7-13(8-10-14)19-16(11-15(18-19)17(20)21)12-5-3-2-4-6-12/h2-10,16H,11H2,1H3,(H,20,21). The Balaban J connectivity index is 1.97. The molecule has 5 nitrogen and oxygen atoms in total. The topological polar surface area (TPSA) is 62.1 Å². The summed E-state index contributed by atoms with van der Waals surface area (Å²) in [7, 11) is 1.61. The first-order valence-electron chi connectivity index (χ1n) is 6.98. The molecule has 1 aliphatic rings. The molecule has 112 valence electrons. The van der Waals surface area contributed by atoms with Crippen LogP contribution in [0, 0.1) is 0 Å². The Morgan fingerprint density at radius 1 is 1.18 bits per heavy atom. The summed E-state index contributed by atoms with van der Waals surface area (Å²) in [6.07, 6.45) is 0.380. The highest BCUT2D eigenvalue weighted by molar-refractivity contribution is 6.36. The zero-order valence-corrected chi connectivity index (χ0v) is 12.1. The highest BCUT2D eigenvalue weighted by Crippen LogP contribution is 2.35. The fraction of sp³-hybridized carbons (Fsp3) is 0.176. The second-order valence-corrected chi connectivity index (χ2v) is 5.03. The van der Waals surface area contributed by atoms with Crippen LogP contribution in [-0.2, 0) is 4.79 Å². The summed E-state index contributed by atoms with van der Waals surface area (Å²) >= 11 is 0. The number of aliphatic carboxylic acids is 1. The number of nitrogens with zero attached hydrogens (tertiary/aromatic N) is 2. The molecule has 1 unspecified atom stereocenters. The lowest BCUT2D eigenvalue weighted by Gasteiger charge is -2.24. The van der Waals surface area contributed by atoms with Gasteiger partial charge in [-0.05, 0) is 29.8 Å². The molecule has 1 aliphatic heterocycles. The molecule has 0 amide bonds. The number of hydrazone groups is 1. The van der Waals surface area contributed by atoms with Crippen LogP contribution in [0.15, 0.2) is 59.7 Å². The van der Waals surface area contributed by atoms with Gasteiger partial charge in [0, 0.05) is 6.42 Å².